The van der Waals surface area contributed by atoms with Gasteiger partial charge in [-0.3, -0.25) is 4.79 Å². The first-order valence-corrected chi connectivity index (χ1v) is 8.57. The smallest absolute Gasteiger partial charge is 0.279 e. The Morgan fingerprint density at radius 2 is 1.95 bits per heavy atom. The molecule has 1 aliphatic rings. The van der Waals surface area contributed by atoms with E-state index in [2.05, 4.69) is 4.72 Å². The van der Waals surface area contributed by atoms with Gasteiger partial charge >= 0.3 is 0 Å². The number of nitrogens with zero attached hydrogens (tertiary/aromatic N) is 2. The van der Waals surface area contributed by atoms with Gasteiger partial charge in [0.1, 0.15) is 5.82 Å². The van der Waals surface area contributed by atoms with E-state index in [1.807, 2.05) is 0 Å². The Morgan fingerprint density at radius 3 is 2.55 bits per heavy atom. The molecule has 0 spiro atoms. The van der Waals surface area contributed by atoms with Crippen molar-refractivity contribution in [3.8, 4) is 0 Å². The Balaban J connectivity index is 1.83. The Hall–Kier alpha value is -1.51. The van der Waals surface area contributed by atoms with Gasteiger partial charge in [-0.15, -0.1) is 0 Å². The van der Waals surface area contributed by atoms with Crippen molar-refractivity contribution in [1.82, 2.24) is 13.9 Å². The maximum absolute atomic E-state index is 13.1. The molecule has 6 nitrogen and oxygen atoms in total. The minimum atomic E-state index is -3.43. The van der Waals surface area contributed by atoms with Crippen molar-refractivity contribution in [3.63, 3.8) is 0 Å². The molecule has 2 rings (SSSR count). The summed E-state index contributed by atoms with van der Waals surface area (Å²) in [4.78, 5) is 13.8. The summed E-state index contributed by atoms with van der Waals surface area (Å²) in [5.74, 6) is -0.346. The Labute approximate surface area is 130 Å². The highest BCUT2D eigenvalue weighted by Gasteiger charge is 2.27. The van der Waals surface area contributed by atoms with Crippen molar-refractivity contribution in [2.75, 3.05) is 33.2 Å². The molecule has 0 radical (unpaired) electrons. The summed E-state index contributed by atoms with van der Waals surface area (Å²) in [6.07, 6.45) is 0.772. The van der Waals surface area contributed by atoms with Crippen molar-refractivity contribution >= 4 is 16.1 Å². The summed E-state index contributed by atoms with van der Waals surface area (Å²) in [5, 5.41) is 0. The quantitative estimate of drug-likeness (QED) is 0.848. The van der Waals surface area contributed by atoms with Crippen molar-refractivity contribution in [2.24, 2.45) is 0 Å². The molecular weight excluding hydrogens is 309 g/mol. The highest BCUT2D eigenvalue weighted by Crippen LogP contribution is 2.10. The molecule has 1 N–H and O–H groups in total. The van der Waals surface area contributed by atoms with Crippen LogP contribution in [-0.2, 0) is 21.4 Å². The third kappa shape index (κ3) is 4.25. The Kier molecular flexibility index (Phi) is 5.49. The first-order valence-electron chi connectivity index (χ1n) is 7.13. The summed E-state index contributed by atoms with van der Waals surface area (Å²) < 4.78 is 40.0. The average Bonchev–Trinajstić information content (AvgIpc) is 2.53. The summed E-state index contributed by atoms with van der Waals surface area (Å²) in [6, 6.07) is 6.20. The first-order chi connectivity index (χ1) is 10.4. The van der Waals surface area contributed by atoms with Gasteiger partial charge in [-0.2, -0.15) is 12.7 Å². The second-order valence-corrected chi connectivity index (χ2v) is 6.99. The van der Waals surface area contributed by atoms with E-state index in [4.69, 9.17) is 0 Å². The summed E-state index contributed by atoms with van der Waals surface area (Å²) in [5.41, 5.74) is 0.782. The fourth-order valence-electron chi connectivity index (χ4n) is 2.41. The highest BCUT2D eigenvalue weighted by atomic mass is 32.2. The number of rotatable bonds is 5. The van der Waals surface area contributed by atoms with Crippen molar-refractivity contribution in [2.45, 2.75) is 12.8 Å². The van der Waals surface area contributed by atoms with Crippen molar-refractivity contribution < 1.29 is 17.6 Å². The van der Waals surface area contributed by atoms with Gasteiger partial charge in [-0.05, 0) is 24.1 Å². The molecule has 1 fully saturated rings. The molecule has 0 unspecified atom stereocenters. The van der Waals surface area contributed by atoms with E-state index in [1.165, 1.54) is 23.5 Å². The number of carbonyl (C=O) groups excluding carboxylic acids is 1. The van der Waals surface area contributed by atoms with E-state index in [1.54, 1.807) is 17.0 Å². The Morgan fingerprint density at radius 1 is 1.27 bits per heavy atom. The third-order valence-corrected chi connectivity index (χ3v) is 5.27. The van der Waals surface area contributed by atoms with Gasteiger partial charge in [0.25, 0.3) is 10.2 Å². The molecule has 1 aromatic carbocycles. The van der Waals surface area contributed by atoms with Crippen LogP contribution in [0.25, 0.3) is 0 Å². The van der Waals surface area contributed by atoms with Crippen LogP contribution in [0.2, 0.25) is 0 Å². The van der Waals surface area contributed by atoms with E-state index in [9.17, 15) is 17.6 Å². The Bertz CT molecular complexity index is 628. The zero-order valence-corrected chi connectivity index (χ0v) is 13.3. The number of aryl methyl sites for hydroxylation is 1. The van der Waals surface area contributed by atoms with E-state index >= 15 is 0 Å². The normalized spacial score (nSPS) is 16.7. The molecule has 122 valence electrons. The van der Waals surface area contributed by atoms with E-state index in [0.29, 0.717) is 25.9 Å². The standard InChI is InChI=1S/C14H20FN3O3S/c1-16-22(20,21)18-9-7-17(8-10-18)14(19)6-5-12-3-2-4-13(15)11-12/h2-4,11,16H,5-10H2,1H3. The monoisotopic (exact) mass is 329 g/mol. The zero-order valence-electron chi connectivity index (χ0n) is 12.5. The van der Waals surface area contributed by atoms with Crippen LogP contribution >= 0.6 is 0 Å². The highest BCUT2D eigenvalue weighted by molar-refractivity contribution is 7.87. The topological polar surface area (TPSA) is 69.7 Å². The van der Waals surface area contributed by atoms with Crippen LogP contribution in [0.5, 0.6) is 0 Å². The molecular formula is C14H20FN3O3S. The number of hydrogen-bond acceptors (Lipinski definition) is 3. The van der Waals surface area contributed by atoms with E-state index in [-0.39, 0.29) is 24.8 Å². The van der Waals surface area contributed by atoms with Gasteiger partial charge < -0.3 is 4.90 Å². The SMILES string of the molecule is CNS(=O)(=O)N1CCN(C(=O)CCc2cccc(F)c2)CC1. The molecule has 1 amide bonds. The van der Waals surface area contributed by atoms with Crippen LogP contribution in [0.4, 0.5) is 4.39 Å². The number of amides is 1. The van der Waals surface area contributed by atoms with E-state index in [0.717, 1.165) is 5.56 Å². The number of halogens is 1. The fourth-order valence-corrected chi connectivity index (χ4v) is 3.31. The largest absolute Gasteiger partial charge is 0.340 e. The number of nitrogens with one attached hydrogen (secondary N) is 1. The number of piperazine rings is 1. The minimum absolute atomic E-state index is 0.0363. The lowest BCUT2D eigenvalue weighted by Crippen LogP contribution is -2.52. The van der Waals surface area contributed by atoms with Crippen LogP contribution in [0.15, 0.2) is 24.3 Å². The van der Waals surface area contributed by atoms with Gasteiger partial charge in [0.15, 0.2) is 0 Å². The lowest BCUT2D eigenvalue weighted by Gasteiger charge is -2.33. The summed E-state index contributed by atoms with van der Waals surface area (Å²) in [7, 11) is -2.06. The molecule has 22 heavy (non-hydrogen) atoms. The molecule has 0 saturated carbocycles. The number of hydrogen-bond donors (Lipinski definition) is 1. The second kappa shape index (κ2) is 7.17. The molecule has 1 aliphatic heterocycles. The van der Waals surface area contributed by atoms with E-state index < -0.39 is 10.2 Å². The first kappa shape index (κ1) is 16.9. The molecule has 1 aromatic rings. The van der Waals surface area contributed by atoms with Gasteiger partial charge in [-0.25, -0.2) is 9.11 Å². The van der Waals surface area contributed by atoms with Gasteiger partial charge in [0, 0.05) is 39.6 Å². The molecule has 0 atom stereocenters. The molecule has 0 aliphatic carbocycles. The summed E-state index contributed by atoms with van der Waals surface area (Å²) >= 11 is 0. The number of benzene rings is 1. The average molecular weight is 329 g/mol. The molecule has 1 heterocycles. The maximum Gasteiger partial charge on any atom is 0.279 e. The lowest BCUT2D eigenvalue weighted by molar-refractivity contribution is -0.132. The van der Waals surface area contributed by atoms with Crippen LogP contribution in [0, 0.1) is 5.82 Å². The van der Waals surface area contributed by atoms with Crippen LogP contribution in [-0.4, -0.2) is 56.8 Å². The van der Waals surface area contributed by atoms with Gasteiger partial charge in [0.2, 0.25) is 5.91 Å². The fraction of sp³-hybridized carbons (Fsp3) is 0.500. The van der Waals surface area contributed by atoms with Crippen LogP contribution in [0.3, 0.4) is 0 Å². The van der Waals surface area contributed by atoms with Crippen molar-refractivity contribution in [3.05, 3.63) is 35.6 Å². The predicted molar refractivity (Wildman–Crippen MR) is 80.9 cm³/mol. The summed E-state index contributed by atoms with van der Waals surface area (Å²) in [6.45, 7) is 1.33. The van der Waals surface area contributed by atoms with Crippen molar-refractivity contribution in [1.29, 1.82) is 0 Å². The minimum Gasteiger partial charge on any atom is -0.340 e. The molecule has 1 saturated heterocycles. The predicted octanol–water partition coefficient (Wildman–Crippen LogP) is 0.367. The molecule has 0 bridgehead atoms. The lowest BCUT2D eigenvalue weighted by atomic mass is 10.1. The molecule has 0 aromatic heterocycles. The third-order valence-electron chi connectivity index (χ3n) is 3.71. The maximum atomic E-state index is 13.1. The van der Waals surface area contributed by atoms with Gasteiger partial charge in [-0.1, -0.05) is 12.1 Å². The van der Waals surface area contributed by atoms with Crippen LogP contribution in [0.1, 0.15) is 12.0 Å². The zero-order chi connectivity index (χ0) is 16.2. The second-order valence-electron chi connectivity index (χ2n) is 5.12. The van der Waals surface area contributed by atoms with Crippen LogP contribution < -0.4 is 4.72 Å². The molecule has 8 heteroatoms. The number of carbonyl (C=O) groups is 1. The van der Waals surface area contributed by atoms with Gasteiger partial charge in [0.05, 0.1) is 0 Å².